The van der Waals surface area contributed by atoms with Crippen molar-refractivity contribution in [3.05, 3.63) is 63.5 Å². The van der Waals surface area contributed by atoms with Crippen LogP contribution in [0.25, 0.3) is 4.96 Å². The summed E-state index contributed by atoms with van der Waals surface area (Å²) in [6.45, 7) is 3.49. The Morgan fingerprint density at radius 3 is 2.66 bits per heavy atom. The van der Waals surface area contributed by atoms with E-state index in [0.29, 0.717) is 24.6 Å². The number of benzene rings is 1. The van der Waals surface area contributed by atoms with Crippen LogP contribution in [0.3, 0.4) is 0 Å². The minimum atomic E-state index is -0.797. The zero-order valence-electron chi connectivity index (χ0n) is 15.5. The highest BCUT2D eigenvalue weighted by Gasteiger charge is 2.20. The van der Waals surface area contributed by atoms with Gasteiger partial charge in [-0.05, 0) is 12.1 Å². The quantitative estimate of drug-likeness (QED) is 0.683. The lowest BCUT2D eigenvalue weighted by molar-refractivity contribution is -0.117. The molecule has 1 N–H and O–H groups in total. The van der Waals surface area contributed by atoms with Crippen LogP contribution >= 0.6 is 11.3 Å². The van der Waals surface area contributed by atoms with E-state index >= 15 is 0 Å². The van der Waals surface area contributed by atoms with Gasteiger partial charge in [-0.15, -0.1) is 11.3 Å². The predicted octanol–water partition coefficient (Wildman–Crippen LogP) is 1.79. The predicted molar refractivity (Wildman–Crippen MR) is 106 cm³/mol. The van der Waals surface area contributed by atoms with E-state index in [-0.39, 0.29) is 23.7 Å². The SMILES string of the molecule is O=C(CN1CCN(Cc2cc(=O)n3ccsc3n2)CC1)Nc1ccc(F)cc1F. The number of hydrogen-bond acceptors (Lipinski definition) is 6. The molecule has 2 aromatic heterocycles. The summed E-state index contributed by atoms with van der Waals surface area (Å²) in [4.78, 5) is 33.6. The van der Waals surface area contributed by atoms with E-state index in [0.717, 1.165) is 30.9 Å². The number of rotatable bonds is 5. The number of piperazine rings is 1. The van der Waals surface area contributed by atoms with Gasteiger partial charge in [0.1, 0.15) is 11.6 Å². The molecule has 0 radical (unpaired) electrons. The number of anilines is 1. The van der Waals surface area contributed by atoms with Crippen LogP contribution in [0.5, 0.6) is 0 Å². The van der Waals surface area contributed by atoms with Crippen molar-refractivity contribution in [2.24, 2.45) is 0 Å². The highest BCUT2D eigenvalue weighted by molar-refractivity contribution is 7.15. The summed E-state index contributed by atoms with van der Waals surface area (Å²) in [5, 5.41) is 4.30. The van der Waals surface area contributed by atoms with E-state index < -0.39 is 11.6 Å². The van der Waals surface area contributed by atoms with E-state index in [1.807, 2.05) is 10.3 Å². The van der Waals surface area contributed by atoms with Gasteiger partial charge in [0.05, 0.1) is 17.9 Å². The van der Waals surface area contributed by atoms with Crippen molar-refractivity contribution in [1.82, 2.24) is 19.2 Å². The standard InChI is InChI=1S/C19H19F2N5O2S/c20-13-1-2-16(15(21)9-13)23-17(27)12-25-5-3-24(4-6-25)11-14-10-18(28)26-7-8-29-19(26)22-14/h1-2,7-10H,3-6,11-12H2,(H,23,27). The number of thiazole rings is 1. The Kier molecular flexibility index (Phi) is 5.65. The zero-order valence-corrected chi connectivity index (χ0v) is 16.3. The number of halogens is 2. The maximum atomic E-state index is 13.6. The number of nitrogens with zero attached hydrogens (tertiary/aromatic N) is 4. The van der Waals surface area contributed by atoms with Gasteiger partial charge < -0.3 is 5.32 Å². The van der Waals surface area contributed by atoms with Crippen LogP contribution in [-0.4, -0.2) is 57.8 Å². The Balaban J connectivity index is 1.28. The van der Waals surface area contributed by atoms with Crippen molar-refractivity contribution in [1.29, 1.82) is 0 Å². The summed E-state index contributed by atoms with van der Waals surface area (Å²) in [6.07, 6.45) is 1.71. The molecule has 4 rings (SSSR count). The molecule has 1 aliphatic heterocycles. The lowest BCUT2D eigenvalue weighted by Crippen LogP contribution is -2.48. The molecule has 3 aromatic rings. The number of aromatic nitrogens is 2. The number of amides is 1. The van der Waals surface area contributed by atoms with Gasteiger partial charge >= 0.3 is 0 Å². The fourth-order valence-electron chi connectivity index (χ4n) is 3.29. The van der Waals surface area contributed by atoms with Gasteiger partial charge in [0.2, 0.25) is 5.91 Å². The average molecular weight is 419 g/mol. The molecule has 3 heterocycles. The van der Waals surface area contributed by atoms with Crippen LogP contribution in [0.1, 0.15) is 5.69 Å². The smallest absolute Gasteiger partial charge is 0.258 e. The molecule has 0 spiro atoms. The second-order valence-corrected chi connectivity index (χ2v) is 7.74. The molecule has 1 aromatic carbocycles. The second kappa shape index (κ2) is 8.36. The molecule has 1 fully saturated rings. The molecular formula is C19H19F2N5O2S. The Bertz CT molecular complexity index is 1090. The minimum absolute atomic E-state index is 0.0311. The highest BCUT2D eigenvalue weighted by atomic mass is 32.1. The van der Waals surface area contributed by atoms with Crippen molar-refractivity contribution in [3.63, 3.8) is 0 Å². The van der Waals surface area contributed by atoms with Gasteiger partial charge in [-0.3, -0.25) is 23.8 Å². The van der Waals surface area contributed by atoms with E-state index in [1.165, 1.54) is 21.8 Å². The molecule has 0 aliphatic carbocycles. The van der Waals surface area contributed by atoms with Crippen LogP contribution < -0.4 is 10.9 Å². The summed E-state index contributed by atoms with van der Waals surface area (Å²) in [6, 6.07) is 4.60. The second-order valence-electron chi connectivity index (χ2n) is 6.87. The maximum Gasteiger partial charge on any atom is 0.258 e. The topological polar surface area (TPSA) is 70.0 Å². The number of hydrogen-bond donors (Lipinski definition) is 1. The molecule has 1 aliphatic rings. The van der Waals surface area contributed by atoms with Crippen molar-refractivity contribution in [2.45, 2.75) is 6.54 Å². The van der Waals surface area contributed by atoms with E-state index in [1.54, 1.807) is 12.3 Å². The molecule has 152 valence electrons. The minimum Gasteiger partial charge on any atom is -0.322 e. The van der Waals surface area contributed by atoms with Gasteiger partial charge in [0, 0.05) is 56.4 Å². The van der Waals surface area contributed by atoms with Crippen molar-refractivity contribution < 1.29 is 13.6 Å². The van der Waals surface area contributed by atoms with Gasteiger partial charge in [-0.2, -0.15) is 0 Å². The monoisotopic (exact) mass is 419 g/mol. The molecule has 7 nitrogen and oxygen atoms in total. The lowest BCUT2D eigenvalue weighted by atomic mass is 10.2. The fourth-order valence-corrected chi connectivity index (χ4v) is 4.03. The Hall–Kier alpha value is -2.69. The Labute approximate surface area is 169 Å². The molecule has 1 saturated heterocycles. The zero-order chi connectivity index (χ0) is 20.4. The first kappa shape index (κ1) is 19.6. The van der Waals surface area contributed by atoms with Crippen LogP contribution in [-0.2, 0) is 11.3 Å². The fraction of sp³-hybridized carbons (Fsp3) is 0.316. The number of carbonyl (C=O) groups is 1. The summed E-state index contributed by atoms with van der Waals surface area (Å²) in [7, 11) is 0. The van der Waals surface area contributed by atoms with E-state index in [9.17, 15) is 18.4 Å². The first-order valence-corrected chi connectivity index (χ1v) is 10.0. The van der Waals surface area contributed by atoms with Gasteiger partial charge in [0.15, 0.2) is 4.96 Å². The summed E-state index contributed by atoms with van der Waals surface area (Å²) < 4.78 is 28.1. The van der Waals surface area contributed by atoms with Crippen molar-refractivity contribution in [3.8, 4) is 0 Å². The van der Waals surface area contributed by atoms with Crippen LogP contribution in [0.4, 0.5) is 14.5 Å². The van der Waals surface area contributed by atoms with Crippen molar-refractivity contribution >= 4 is 27.9 Å². The molecule has 29 heavy (non-hydrogen) atoms. The van der Waals surface area contributed by atoms with Gasteiger partial charge in [-0.1, -0.05) is 0 Å². The molecule has 0 atom stereocenters. The largest absolute Gasteiger partial charge is 0.322 e. The van der Waals surface area contributed by atoms with Crippen molar-refractivity contribution in [2.75, 3.05) is 38.0 Å². The Morgan fingerprint density at radius 2 is 1.90 bits per heavy atom. The number of fused-ring (bicyclic) bond motifs is 1. The van der Waals surface area contributed by atoms with Gasteiger partial charge in [-0.25, -0.2) is 13.8 Å². The highest BCUT2D eigenvalue weighted by Crippen LogP contribution is 2.15. The van der Waals surface area contributed by atoms with Crippen LogP contribution in [0, 0.1) is 11.6 Å². The Morgan fingerprint density at radius 1 is 1.14 bits per heavy atom. The lowest BCUT2D eigenvalue weighted by Gasteiger charge is -2.34. The molecular weight excluding hydrogens is 400 g/mol. The molecule has 0 unspecified atom stereocenters. The van der Waals surface area contributed by atoms with Crippen LogP contribution in [0.2, 0.25) is 0 Å². The third-order valence-electron chi connectivity index (χ3n) is 4.78. The van der Waals surface area contributed by atoms with Gasteiger partial charge in [0.25, 0.3) is 5.56 Å². The third-order valence-corrected chi connectivity index (χ3v) is 5.54. The first-order valence-electron chi connectivity index (χ1n) is 9.13. The average Bonchev–Trinajstić information content (AvgIpc) is 3.15. The molecule has 1 amide bonds. The molecule has 0 saturated carbocycles. The normalized spacial score (nSPS) is 15.7. The van der Waals surface area contributed by atoms with E-state index in [2.05, 4.69) is 15.2 Å². The summed E-state index contributed by atoms with van der Waals surface area (Å²) in [5.41, 5.74) is 0.612. The molecule has 0 bridgehead atoms. The van der Waals surface area contributed by atoms with E-state index in [4.69, 9.17) is 0 Å². The number of nitrogens with one attached hydrogen (secondary N) is 1. The van der Waals surface area contributed by atoms with Crippen LogP contribution in [0.15, 0.2) is 40.6 Å². The first-order chi connectivity index (χ1) is 14.0. The molecule has 10 heteroatoms. The summed E-state index contributed by atoms with van der Waals surface area (Å²) in [5.74, 6) is -1.83. The number of carbonyl (C=O) groups excluding carboxylic acids is 1. The summed E-state index contributed by atoms with van der Waals surface area (Å²) >= 11 is 1.42. The third kappa shape index (κ3) is 4.66. The maximum absolute atomic E-state index is 13.6.